The number of hydrogen-bond acceptors (Lipinski definition) is 12. The number of benzene rings is 8. The molecule has 8 aromatic rings. The number of allylic oxidation sites excluding steroid dienone is 1. The molecule has 0 aromatic heterocycles. The number of aromatic hydroxyl groups is 8. The predicted octanol–water partition coefficient (Wildman–Crippen LogP) is 30.3. The predicted molar refractivity (Wildman–Crippen MR) is 409 cm³/mol. The maximum absolute atomic E-state index is 13.9. The van der Waals surface area contributed by atoms with E-state index in [9.17, 15) is 214 Å². The second kappa shape index (κ2) is 46.5. The molecule has 0 unspecified atom stereocenters. The van der Waals surface area contributed by atoms with Gasteiger partial charge in [0.05, 0.1) is 29.8 Å². The highest BCUT2D eigenvalue weighted by Crippen LogP contribution is 2.65. The molecule has 8 rings (SSSR count). The second-order valence-corrected chi connectivity index (χ2v) is 29.7. The van der Waals surface area contributed by atoms with Crippen molar-refractivity contribution in [3.63, 3.8) is 0 Å². The minimum atomic E-state index is -7.95. The molecule has 8 N–H and O–H groups in total. The molecule has 59 heteroatoms. The Labute approximate surface area is 769 Å². The number of alkyl halides is 42. The van der Waals surface area contributed by atoms with E-state index in [-0.39, 0.29) is 59.5 Å². The fraction of sp³-hybridized carbons (Fsp3) is 0.375. The van der Waals surface area contributed by atoms with Crippen molar-refractivity contribution >= 4 is 45.7 Å². The molecule has 0 fully saturated rings. The molecule has 0 aliphatic rings. The second-order valence-electron chi connectivity index (χ2n) is 28.1. The van der Waals surface area contributed by atoms with Gasteiger partial charge < -0.3 is 50.3 Å². The number of ether oxygens (including phenoxy) is 2. The molecule has 0 aliphatic heterocycles. The van der Waals surface area contributed by atoms with Gasteiger partial charge in [-0.15, -0.1) is 0 Å². The zero-order chi connectivity index (χ0) is 109. The van der Waals surface area contributed by atoms with Gasteiger partial charge in [0.15, 0.2) is 5.83 Å². The Morgan fingerprint density at radius 2 is 0.763 bits per heavy atom. The monoisotopic (exact) mass is 2230 g/mol. The molecular weight excluding hydrogens is 2170 g/mol. The minimum Gasteiger partial charge on any atom is -0.508 e. The number of non-ortho nitro benzene ring substituents is 1. The number of hydrogen-bond donors (Lipinski definition) is 8. The third-order valence-electron chi connectivity index (χ3n) is 16.9. The van der Waals surface area contributed by atoms with Crippen molar-refractivity contribution in [2.45, 2.75) is 181 Å². The van der Waals surface area contributed by atoms with Crippen LogP contribution < -0.4 is 9.47 Å². The van der Waals surface area contributed by atoms with Crippen molar-refractivity contribution in [3.8, 4) is 57.5 Å². The first-order chi connectivity index (χ1) is 62.1. The Kier molecular flexibility index (Phi) is 42.1. The first-order valence-corrected chi connectivity index (χ1v) is 37.8. The van der Waals surface area contributed by atoms with Gasteiger partial charge in [-0.2, -0.15) is 189 Å². The summed E-state index contributed by atoms with van der Waals surface area (Å²) in [4.78, 5) is 9.15. The highest BCUT2D eigenvalue weighted by molar-refractivity contribution is 14.1. The highest BCUT2D eigenvalue weighted by atomic mass is 127. The number of methoxy groups -OCH3 is 1. The van der Waals surface area contributed by atoms with E-state index in [0.717, 1.165) is 58.4 Å². The van der Waals surface area contributed by atoms with Crippen molar-refractivity contribution in [1.29, 1.82) is 0 Å². The van der Waals surface area contributed by atoms with Crippen LogP contribution in [0.1, 0.15) is 90.6 Å². The highest BCUT2D eigenvalue weighted by Gasteiger charge is 2.91. The summed E-state index contributed by atoms with van der Waals surface area (Å²) < 4.78 is 571. The molecule has 0 radical (unpaired) electrons. The number of phenols is 8. The molecular formula is C80H63ClF44INO12. The normalized spacial score (nSPS) is 13.2. The Morgan fingerprint density at radius 3 is 1.13 bits per heavy atom. The van der Waals surface area contributed by atoms with E-state index in [1.807, 2.05) is 25.1 Å². The molecule has 0 heterocycles. The van der Waals surface area contributed by atoms with Crippen LogP contribution in [0.5, 0.6) is 57.5 Å². The van der Waals surface area contributed by atoms with Gasteiger partial charge >= 0.3 is 97.3 Å². The molecule has 0 saturated carbocycles. The number of nitro benzene ring substituents is 1. The summed E-state index contributed by atoms with van der Waals surface area (Å²) in [5, 5.41) is 82.1. The summed E-state index contributed by atoms with van der Waals surface area (Å²) in [6.45, 7) is 8.43. The van der Waals surface area contributed by atoms with E-state index in [0.29, 0.717) is 60.0 Å². The largest absolute Gasteiger partial charge is 0.508 e. The molecule has 139 heavy (non-hydrogen) atoms. The van der Waals surface area contributed by atoms with E-state index >= 15 is 0 Å². The van der Waals surface area contributed by atoms with E-state index in [2.05, 4.69) is 34.3 Å². The van der Waals surface area contributed by atoms with Crippen LogP contribution in [-0.2, 0) is 42.2 Å². The topological polar surface area (TPSA) is 223 Å². The molecule has 13 nitrogen and oxygen atoms in total. The summed E-state index contributed by atoms with van der Waals surface area (Å²) >= 11 is 7.53. The maximum atomic E-state index is 13.9. The third kappa shape index (κ3) is 32.2. The first kappa shape index (κ1) is 126. The van der Waals surface area contributed by atoms with Gasteiger partial charge in [0, 0.05) is 44.3 Å². The lowest BCUT2D eigenvalue weighted by atomic mass is 9.77. The van der Waals surface area contributed by atoms with Gasteiger partial charge in [0.2, 0.25) is 5.83 Å². The van der Waals surface area contributed by atoms with Gasteiger partial charge in [-0.3, -0.25) is 10.1 Å². The fourth-order valence-electron chi connectivity index (χ4n) is 10.8. The Balaban J connectivity index is 0.000000815. The lowest BCUT2D eigenvalue weighted by Gasteiger charge is -2.39. The van der Waals surface area contributed by atoms with Crippen LogP contribution in [0.2, 0.25) is 5.02 Å². The van der Waals surface area contributed by atoms with Crippen LogP contribution in [-0.4, -0.2) is 144 Å². The summed E-state index contributed by atoms with van der Waals surface area (Å²) in [6.07, 6.45) is -64.4. The molecule has 0 aliphatic carbocycles. The van der Waals surface area contributed by atoms with Crippen molar-refractivity contribution in [1.82, 2.24) is 0 Å². The van der Waals surface area contributed by atoms with Gasteiger partial charge in [-0.1, -0.05) is 56.5 Å². The zero-order valence-corrected chi connectivity index (χ0v) is 72.1. The van der Waals surface area contributed by atoms with Crippen LogP contribution in [0.4, 0.5) is 199 Å². The molecule has 0 bridgehead atoms. The smallest absolute Gasteiger partial charge is 0.460 e. The average Bonchev–Trinajstić information content (AvgIpc) is 0.702. The van der Waals surface area contributed by atoms with Crippen molar-refractivity contribution in [2.24, 2.45) is 0 Å². The quantitative estimate of drug-likeness (QED) is 0.0174. The van der Waals surface area contributed by atoms with Crippen LogP contribution in [0, 0.1) is 20.6 Å². The van der Waals surface area contributed by atoms with E-state index in [1.54, 1.807) is 24.3 Å². The fourth-order valence-corrected chi connectivity index (χ4v) is 11.8. The molecule has 0 atom stereocenters. The number of rotatable bonds is 18. The molecule has 0 amide bonds. The number of halogens is 46. The van der Waals surface area contributed by atoms with Gasteiger partial charge in [-0.05, 0) is 205 Å². The maximum Gasteiger partial charge on any atom is 0.460 e. The third-order valence-corrected chi connectivity index (χ3v) is 17.8. The Morgan fingerprint density at radius 1 is 0.381 bits per heavy atom. The standard InChI is InChI=1S/C16H13F13O2.C13H11F9O.C10H5F9O2.C9H4ClF5O.C9H7F5O.C9H12O.C7H4F3NO3.C7H7IO/c1-7(2)31-10-4-8(3-9(30)5-10)6-11(17,18)12(19,20)13(21,22)14(23,24)15(25,26)16(27,28)29;1-2-3-7-4-8(6-9(23)5-7)10(11(14,15)16,12(17,18)19)13(20,21)22;11-8(12,13)7(9(14,15)16,10(17,18)19)4-1-5(20)3-6(21)2-4;10-5-1-4(2-6(16)3-5)7(11)8(12)9(13,14)15;1-15-7-4-2-6(3-5-7)8(10,11)9(12,13)14;1-2-3-8-4-6-9(10)7-5-8;8-7(9,10)4-1-5(11(13)14)3-6(12)2-4;1-5-2-6(8)4-7(9)3-5/h3-5,7,30H,6H2,1-2H3;4-6,23H,2-3H2,1H3;1-3,20-21H;1-3,16H;2-5H,1H3;4-7,10H,2-3H2,1H3;1-3,12H;2-4,9H,1H3/b;;;8-7+;;;;. The SMILES string of the molecule is CC(C)Oc1cc(O)cc(CC(F)(F)C(F)(F)C(F)(F)C(F)(F)C(F)(F)C(F)(F)F)c1.CCCc1cc(O)cc(C(C(F)(F)F)(C(F)(F)F)C(F)(F)F)c1.CCCc1ccc(O)cc1.COc1ccc(C(F)(F)C(F)(F)F)cc1.Cc1cc(O)cc(I)c1.O=[N+]([O-])c1cc(O)cc(C(F)(F)F)c1.Oc1cc(Cl)cc(/C(F)=C(\F)C(F)(F)F)c1.Oc1cc(O)cc(C(C(F)(F)F)(C(F)(F)F)C(F)(F)F)c1. The Bertz CT molecular complexity index is 5190. The minimum absolute atomic E-state index is 0.0922. The van der Waals surface area contributed by atoms with Crippen molar-refractivity contribution in [2.75, 3.05) is 7.11 Å². The molecule has 0 spiro atoms. The number of aryl methyl sites for hydroxylation is 3. The van der Waals surface area contributed by atoms with Gasteiger partial charge in [0.25, 0.3) is 16.5 Å². The molecule has 782 valence electrons. The number of nitro groups is 1. The number of nitrogens with zero attached hydrogens (tertiary/aromatic N) is 1. The Hall–Kier alpha value is -11.2. The van der Waals surface area contributed by atoms with E-state index < -0.39 is 217 Å². The van der Waals surface area contributed by atoms with Crippen LogP contribution >= 0.6 is 34.2 Å². The van der Waals surface area contributed by atoms with Crippen molar-refractivity contribution < 1.29 is 248 Å². The summed E-state index contributed by atoms with van der Waals surface area (Å²) in [7, 11) is 1.29. The summed E-state index contributed by atoms with van der Waals surface area (Å²) in [5.41, 5.74) is -19.7. The number of phenolic OH excluding ortho intramolecular Hbond substituents is 8. The lowest BCUT2D eigenvalue weighted by molar-refractivity contribution is -0.439. The van der Waals surface area contributed by atoms with Crippen LogP contribution in [0.3, 0.4) is 0 Å². The van der Waals surface area contributed by atoms with E-state index in [1.165, 1.54) is 33.4 Å². The molecule has 8 aromatic carbocycles. The lowest BCUT2D eigenvalue weighted by Crippen LogP contribution is -2.70. The van der Waals surface area contributed by atoms with Gasteiger partial charge in [0.1, 0.15) is 57.5 Å². The van der Waals surface area contributed by atoms with Gasteiger partial charge in [-0.25, -0.2) is 4.39 Å². The van der Waals surface area contributed by atoms with Crippen LogP contribution in [0.25, 0.3) is 5.83 Å². The summed E-state index contributed by atoms with van der Waals surface area (Å²) in [6, 6.07) is 22.2. The zero-order valence-electron chi connectivity index (χ0n) is 69.2. The van der Waals surface area contributed by atoms with Crippen LogP contribution in [0.15, 0.2) is 164 Å². The molecule has 0 saturated heterocycles. The average molecular weight is 2230 g/mol. The summed E-state index contributed by atoms with van der Waals surface area (Å²) in [5.74, 6) is -52.7. The first-order valence-electron chi connectivity index (χ1n) is 36.4. The van der Waals surface area contributed by atoms with E-state index in [4.69, 9.17) is 47.0 Å². The van der Waals surface area contributed by atoms with Crippen molar-refractivity contribution in [3.05, 3.63) is 232 Å².